The maximum absolute atomic E-state index is 6.01. The van der Waals surface area contributed by atoms with Gasteiger partial charge in [-0.25, -0.2) is 4.98 Å². The maximum Gasteiger partial charge on any atom is 0.232 e. The average Bonchev–Trinajstić information content (AvgIpc) is 2.49. The summed E-state index contributed by atoms with van der Waals surface area (Å²) in [7, 11) is 1.49. The van der Waals surface area contributed by atoms with Crippen LogP contribution in [0.1, 0.15) is 11.3 Å². The zero-order chi connectivity index (χ0) is 15.2. The number of hydrogen-bond donors (Lipinski definition) is 1. The number of hydrogen-bond acceptors (Lipinski definition) is 5. The van der Waals surface area contributed by atoms with E-state index in [0.29, 0.717) is 27.2 Å². The van der Waals surface area contributed by atoms with E-state index < -0.39 is 0 Å². The van der Waals surface area contributed by atoms with E-state index in [1.165, 1.54) is 25.7 Å². The van der Waals surface area contributed by atoms with Gasteiger partial charge in [-0.15, -0.1) is 5.10 Å². The molecule has 0 amide bonds. The molecule has 0 fully saturated rings. The van der Waals surface area contributed by atoms with Gasteiger partial charge in [-0.1, -0.05) is 29.3 Å². The molecule has 0 atom stereocenters. The van der Waals surface area contributed by atoms with E-state index in [9.17, 15) is 0 Å². The Kier molecular flexibility index (Phi) is 5.08. The SMILES string of the molecule is COc1cncc(C(N)=NN=Cc2ccc(Cl)cc2Cl)n1. The van der Waals surface area contributed by atoms with Gasteiger partial charge in [-0.05, 0) is 12.1 Å². The molecule has 1 aromatic heterocycles. The third-order valence-corrected chi connectivity index (χ3v) is 2.97. The van der Waals surface area contributed by atoms with Crippen LogP contribution in [-0.2, 0) is 0 Å². The minimum Gasteiger partial charge on any atom is -0.480 e. The van der Waals surface area contributed by atoms with Crippen LogP contribution >= 0.6 is 23.2 Å². The van der Waals surface area contributed by atoms with Crippen molar-refractivity contribution in [3.05, 3.63) is 51.9 Å². The first-order valence-corrected chi connectivity index (χ1v) is 6.53. The van der Waals surface area contributed by atoms with Crippen molar-refractivity contribution in [2.45, 2.75) is 0 Å². The van der Waals surface area contributed by atoms with Crippen LogP contribution in [0.2, 0.25) is 10.0 Å². The number of ether oxygens (including phenoxy) is 1. The molecule has 2 N–H and O–H groups in total. The minimum absolute atomic E-state index is 0.114. The van der Waals surface area contributed by atoms with Gasteiger partial charge >= 0.3 is 0 Å². The molecule has 1 heterocycles. The van der Waals surface area contributed by atoms with Crippen LogP contribution < -0.4 is 10.5 Å². The molecule has 0 saturated heterocycles. The van der Waals surface area contributed by atoms with Crippen LogP contribution in [0.15, 0.2) is 40.8 Å². The Morgan fingerprint density at radius 3 is 2.86 bits per heavy atom. The quantitative estimate of drug-likeness (QED) is 0.532. The highest BCUT2D eigenvalue weighted by Gasteiger charge is 2.03. The maximum atomic E-state index is 6.01. The second-order valence-electron chi connectivity index (χ2n) is 3.84. The molecule has 0 spiro atoms. The first kappa shape index (κ1) is 15.2. The van der Waals surface area contributed by atoms with Crippen molar-refractivity contribution in [3.8, 4) is 5.88 Å². The number of methoxy groups -OCH3 is 1. The molecular formula is C13H11Cl2N5O. The summed E-state index contributed by atoms with van der Waals surface area (Å²) in [5.74, 6) is 0.457. The second kappa shape index (κ2) is 7.01. The third kappa shape index (κ3) is 4.14. The van der Waals surface area contributed by atoms with Gasteiger partial charge in [0.05, 0.1) is 30.7 Å². The molecule has 6 nitrogen and oxygen atoms in total. The number of nitrogens with zero attached hydrogens (tertiary/aromatic N) is 4. The molecule has 0 aliphatic heterocycles. The van der Waals surface area contributed by atoms with Gasteiger partial charge in [-0.3, -0.25) is 4.98 Å². The van der Waals surface area contributed by atoms with E-state index in [-0.39, 0.29) is 5.84 Å². The zero-order valence-corrected chi connectivity index (χ0v) is 12.5. The van der Waals surface area contributed by atoms with Crippen molar-refractivity contribution in [1.29, 1.82) is 0 Å². The number of benzene rings is 1. The lowest BCUT2D eigenvalue weighted by molar-refractivity contribution is 0.395. The van der Waals surface area contributed by atoms with Crippen LogP contribution in [0.4, 0.5) is 0 Å². The standard InChI is InChI=1S/C13H11Cl2N5O/c1-21-12-7-17-6-11(19-12)13(16)20-18-5-8-2-3-9(14)4-10(8)15/h2-7H,1H3,(H2,16,20). The first-order valence-electron chi connectivity index (χ1n) is 5.78. The average molecular weight is 324 g/mol. The van der Waals surface area contributed by atoms with Crippen LogP contribution in [0, 0.1) is 0 Å². The molecule has 0 saturated carbocycles. The van der Waals surface area contributed by atoms with Gasteiger partial charge in [-0.2, -0.15) is 5.10 Å². The molecule has 0 aliphatic rings. The van der Waals surface area contributed by atoms with Crippen molar-refractivity contribution in [2.75, 3.05) is 7.11 Å². The molecule has 0 radical (unpaired) electrons. The van der Waals surface area contributed by atoms with Gasteiger partial charge in [0.1, 0.15) is 5.69 Å². The molecule has 108 valence electrons. The van der Waals surface area contributed by atoms with Crippen molar-refractivity contribution >= 4 is 35.3 Å². The number of nitrogens with two attached hydrogens (primary N) is 1. The molecule has 1 aromatic carbocycles. The summed E-state index contributed by atoms with van der Waals surface area (Å²) < 4.78 is 4.95. The van der Waals surface area contributed by atoms with E-state index in [0.717, 1.165) is 0 Å². The lowest BCUT2D eigenvalue weighted by Crippen LogP contribution is -2.15. The van der Waals surface area contributed by atoms with E-state index in [1.807, 2.05) is 0 Å². The second-order valence-corrected chi connectivity index (χ2v) is 4.69. The van der Waals surface area contributed by atoms with Crippen molar-refractivity contribution in [2.24, 2.45) is 15.9 Å². The molecule has 2 aromatic rings. The fourth-order valence-electron chi connectivity index (χ4n) is 1.38. The molecule has 0 bridgehead atoms. The Morgan fingerprint density at radius 2 is 2.14 bits per heavy atom. The summed E-state index contributed by atoms with van der Waals surface area (Å²) in [4.78, 5) is 8.02. The predicted octanol–water partition coefficient (Wildman–Crippen LogP) is 2.53. The zero-order valence-electron chi connectivity index (χ0n) is 11.0. The topological polar surface area (TPSA) is 85.8 Å². The van der Waals surface area contributed by atoms with Crippen molar-refractivity contribution in [1.82, 2.24) is 9.97 Å². The highest BCUT2D eigenvalue weighted by molar-refractivity contribution is 6.36. The van der Waals surface area contributed by atoms with Crippen LogP contribution in [0.3, 0.4) is 0 Å². The Hall–Kier alpha value is -2.18. The smallest absolute Gasteiger partial charge is 0.232 e. The first-order chi connectivity index (χ1) is 10.1. The van der Waals surface area contributed by atoms with Gasteiger partial charge in [0, 0.05) is 10.6 Å². The largest absolute Gasteiger partial charge is 0.480 e. The molecular weight excluding hydrogens is 313 g/mol. The Bertz CT molecular complexity index is 703. The molecule has 21 heavy (non-hydrogen) atoms. The van der Waals surface area contributed by atoms with Gasteiger partial charge in [0.15, 0.2) is 5.84 Å². The molecule has 0 aliphatic carbocycles. The van der Waals surface area contributed by atoms with Crippen LogP contribution in [0.5, 0.6) is 5.88 Å². The Labute approximate surface area is 131 Å². The van der Waals surface area contributed by atoms with Gasteiger partial charge in [0.2, 0.25) is 5.88 Å². The van der Waals surface area contributed by atoms with Crippen LogP contribution in [-0.4, -0.2) is 29.1 Å². The summed E-state index contributed by atoms with van der Waals surface area (Å²) in [6, 6.07) is 5.05. The summed E-state index contributed by atoms with van der Waals surface area (Å²) in [5.41, 5.74) is 6.81. The van der Waals surface area contributed by atoms with E-state index in [4.69, 9.17) is 33.7 Å². The molecule has 8 heteroatoms. The fraction of sp³-hybridized carbons (Fsp3) is 0.0769. The summed E-state index contributed by atoms with van der Waals surface area (Å²) in [5, 5.41) is 8.73. The van der Waals surface area contributed by atoms with Crippen molar-refractivity contribution < 1.29 is 4.74 Å². The van der Waals surface area contributed by atoms with Crippen LogP contribution in [0.25, 0.3) is 0 Å². The minimum atomic E-state index is 0.114. The number of aromatic nitrogens is 2. The van der Waals surface area contributed by atoms with E-state index in [2.05, 4.69) is 20.2 Å². The number of rotatable bonds is 4. The highest BCUT2D eigenvalue weighted by atomic mass is 35.5. The Balaban J connectivity index is 2.17. The van der Waals surface area contributed by atoms with E-state index in [1.54, 1.807) is 18.2 Å². The number of halogens is 2. The monoisotopic (exact) mass is 323 g/mol. The lowest BCUT2D eigenvalue weighted by Gasteiger charge is -2.00. The highest BCUT2D eigenvalue weighted by Crippen LogP contribution is 2.19. The predicted molar refractivity (Wildman–Crippen MR) is 83.4 cm³/mol. The molecule has 0 unspecified atom stereocenters. The van der Waals surface area contributed by atoms with Gasteiger partial charge < -0.3 is 10.5 Å². The molecule has 2 rings (SSSR count). The Morgan fingerprint density at radius 1 is 1.33 bits per heavy atom. The lowest BCUT2D eigenvalue weighted by atomic mass is 10.2. The van der Waals surface area contributed by atoms with Gasteiger partial charge in [0.25, 0.3) is 0 Å². The summed E-state index contributed by atoms with van der Waals surface area (Å²) in [6.07, 6.45) is 4.40. The number of amidine groups is 1. The van der Waals surface area contributed by atoms with E-state index >= 15 is 0 Å². The fourth-order valence-corrected chi connectivity index (χ4v) is 1.84. The summed E-state index contributed by atoms with van der Waals surface area (Å²) in [6.45, 7) is 0. The normalized spacial score (nSPS) is 11.9. The van der Waals surface area contributed by atoms with Crippen molar-refractivity contribution in [3.63, 3.8) is 0 Å². The third-order valence-electron chi connectivity index (χ3n) is 2.41. The summed E-state index contributed by atoms with van der Waals surface area (Å²) >= 11 is 11.8.